The quantitative estimate of drug-likeness (QED) is 0.723. The predicted molar refractivity (Wildman–Crippen MR) is 68.6 cm³/mol. The van der Waals surface area contributed by atoms with Crippen LogP contribution >= 0.6 is 0 Å². The van der Waals surface area contributed by atoms with E-state index in [0.29, 0.717) is 16.9 Å². The van der Waals surface area contributed by atoms with E-state index in [1.165, 1.54) is 6.08 Å². The standard InChI is InChI=1S/C12H17NO3S/c1-5-17(15,16)13-11-7-10(8(2)3)12(14)6-9(11)4/h6-8H,5H2,1-4H3. The van der Waals surface area contributed by atoms with Gasteiger partial charge in [0, 0.05) is 5.57 Å². The molecule has 0 aromatic carbocycles. The van der Waals surface area contributed by atoms with Crippen LogP contribution < -0.4 is 0 Å². The van der Waals surface area contributed by atoms with Gasteiger partial charge in [0.2, 0.25) is 0 Å². The molecule has 0 saturated heterocycles. The minimum Gasteiger partial charge on any atom is -0.290 e. The van der Waals surface area contributed by atoms with Crippen molar-refractivity contribution in [3.05, 3.63) is 23.3 Å². The molecule has 0 aromatic rings. The number of hydrogen-bond acceptors (Lipinski definition) is 3. The molecule has 0 atom stereocenters. The van der Waals surface area contributed by atoms with Gasteiger partial charge in [-0.3, -0.25) is 4.79 Å². The monoisotopic (exact) mass is 255 g/mol. The summed E-state index contributed by atoms with van der Waals surface area (Å²) in [6, 6.07) is 0. The van der Waals surface area contributed by atoms with Crippen molar-refractivity contribution in [2.45, 2.75) is 27.7 Å². The second-order valence-electron chi connectivity index (χ2n) is 4.29. The second-order valence-corrected chi connectivity index (χ2v) is 6.22. The van der Waals surface area contributed by atoms with Gasteiger partial charge in [0.15, 0.2) is 5.78 Å². The minimum atomic E-state index is -3.43. The Morgan fingerprint density at radius 1 is 1.29 bits per heavy atom. The van der Waals surface area contributed by atoms with Crippen molar-refractivity contribution in [3.8, 4) is 0 Å². The average Bonchev–Trinajstić information content (AvgIpc) is 2.21. The number of sulfonamides is 1. The fraction of sp³-hybridized carbons (Fsp3) is 0.500. The summed E-state index contributed by atoms with van der Waals surface area (Å²) in [7, 11) is -3.43. The highest BCUT2D eigenvalue weighted by Gasteiger charge is 2.20. The van der Waals surface area contributed by atoms with Crippen LogP contribution in [-0.4, -0.2) is 25.7 Å². The molecule has 0 fully saturated rings. The molecule has 0 radical (unpaired) electrons. The van der Waals surface area contributed by atoms with Crippen LogP contribution in [0.1, 0.15) is 27.7 Å². The summed E-state index contributed by atoms with van der Waals surface area (Å²) in [5, 5.41) is 0. The fourth-order valence-electron chi connectivity index (χ4n) is 1.45. The fourth-order valence-corrected chi connectivity index (χ4v) is 2.08. The summed E-state index contributed by atoms with van der Waals surface area (Å²) in [6.45, 7) is 7.02. The lowest BCUT2D eigenvalue weighted by molar-refractivity contribution is -0.111. The van der Waals surface area contributed by atoms with E-state index >= 15 is 0 Å². The molecule has 0 spiro atoms. The Kier molecular flexibility index (Phi) is 4.03. The van der Waals surface area contributed by atoms with Crippen molar-refractivity contribution >= 4 is 21.5 Å². The zero-order valence-corrected chi connectivity index (χ0v) is 11.3. The summed E-state index contributed by atoms with van der Waals surface area (Å²) < 4.78 is 26.6. The van der Waals surface area contributed by atoms with Crippen LogP contribution in [0.2, 0.25) is 0 Å². The van der Waals surface area contributed by atoms with Gasteiger partial charge < -0.3 is 0 Å². The third kappa shape index (κ3) is 3.36. The van der Waals surface area contributed by atoms with Crippen molar-refractivity contribution in [3.63, 3.8) is 0 Å². The van der Waals surface area contributed by atoms with Crippen molar-refractivity contribution in [1.82, 2.24) is 0 Å². The van der Waals surface area contributed by atoms with Crippen LogP contribution in [0.4, 0.5) is 0 Å². The second kappa shape index (κ2) is 4.96. The number of carbonyl (C=O) groups excluding carboxylic acids is 1. The maximum atomic E-state index is 11.7. The summed E-state index contributed by atoms with van der Waals surface area (Å²) in [5.74, 6) is -0.0468. The highest BCUT2D eigenvalue weighted by Crippen LogP contribution is 2.19. The van der Waals surface area contributed by atoms with Gasteiger partial charge in [-0.1, -0.05) is 13.8 Å². The summed E-state index contributed by atoms with van der Waals surface area (Å²) >= 11 is 0. The third-order valence-corrected chi connectivity index (χ3v) is 3.76. The largest absolute Gasteiger partial charge is 0.290 e. The van der Waals surface area contributed by atoms with Crippen LogP contribution in [0.25, 0.3) is 0 Å². The number of hydrogen-bond donors (Lipinski definition) is 0. The Bertz CT molecular complexity index is 522. The van der Waals surface area contributed by atoms with Crippen LogP contribution in [0.15, 0.2) is 27.7 Å². The lowest BCUT2D eigenvalue weighted by Gasteiger charge is -2.14. The average molecular weight is 255 g/mol. The third-order valence-electron chi connectivity index (χ3n) is 2.55. The van der Waals surface area contributed by atoms with Crippen LogP contribution in [-0.2, 0) is 14.8 Å². The van der Waals surface area contributed by atoms with Gasteiger partial charge in [-0.05, 0) is 37.5 Å². The Morgan fingerprint density at radius 3 is 2.35 bits per heavy atom. The lowest BCUT2D eigenvalue weighted by atomic mass is 9.90. The number of nitrogens with zero attached hydrogens (tertiary/aromatic N) is 1. The number of rotatable bonds is 3. The maximum absolute atomic E-state index is 11.7. The first-order valence-corrected chi connectivity index (χ1v) is 7.15. The molecule has 4 nitrogen and oxygen atoms in total. The van der Waals surface area contributed by atoms with E-state index in [4.69, 9.17) is 0 Å². The first-order chi connectivity index (χ1) is 7.76. The molecule has 0 amide bonds. The zero-order chi connectivity index (χ0) is 13.2. The smallest absolute Gasteiger partial charge is 0.253 e. The van der Waals surface area contributed by atoms with Crippen molar-refractivity contribution in [2.75, 3.05) is 5.75 Å². The molecule has 1 rings (SSSR count). The molecule has 0 N–H and O–H groups in total. The summed E-state index contributed by atoms with van der Waals surface area (Å²) in [5.41, 5.74) is 1.56. The lowest BCUT2D eigenvalue weighted by Crippen LogP contribution is -2.17. The van der Waals surface area contributed by atoms with E-state index in [2.05, 4.69) is 4.40 Å². The highest BCUT2D eigenvalue weighted by molar-refractivity contribution is 7.90. The van der Waals surface area contributed by atoms with Gasteiger partial charge in [-0.25, -0.2) is 8.42 Å². The number of allylic oxidation sites excluding steroid dienone is 4. The van der Waals surface area contributed by atoms with Crippen molar-refractivity contribution in [1.29, 1.82) is 0 Å². The molecule has 1 aliphatic carbocycles. The molecule has 0 aliphatic heterocycles. The Labute approximate surface area is 102 Å². The van der Waals surface area contributed by atoms with Gasteiger partial charge in [-0.2, -0.15) is 4.40 Å². The topological polar surface area (TPSA) is 63.6 Å². The van der Waals surface area contributed by atoms with E-state index in [1.807, 2.05) is 13.8 Å². The van der Waals surface area contributed by atoms with Gasteiger partial charge >= 0.3 is 0 Å². The summed E-state index contributed by atoms with van der Waals surface area (Å²) in [4.78, 5) is 11.7. The highest BCUT2D eigenvalue weighted by atomic mass is 32.2. The van der Waals surface area contributed by atoms with E-state index in [1.54, 1.807) is 19.9 Å². The number of carbonyl (C=O) groups is 1. The molecule has 0 aromatic heterocycles. The van der Waals surface area contributed by atoms with Crippen LogP contribution in [0.3, 0.4) is 0 Å². The molecule has 5 heteroatoms. The van der Waals surface area contributed by atoms with Crippen LogP contribution in [0.5, 0.6) is 0 Å². The first-order valence-electron chi connectivity index (χ1n) is 5.54. The van der Waals surface area contributed by atoms with Gasteiger partial charge in [0.25, 0.3) is 10.0 Å². The van der Waals surface area contributed by atoms with E-state index < -0.39 is 10.0 Å². The first kappa shape index (κ1) is 13.8. The maximum Gasteiger partial charge on any atom is 0.253 e. The molecule has 0 heterocycles. The Morgan fingerprint density at radius 2 is 1.88 bits per heavy atom. The molecule has 1 aliphatic rings. The van der Waals surface area contributed by atoms with Gasteiger partial charge in [0.1, 0.15) is 0 Å². The number of ketones is 1. The molecule has 94 valence electrons. The molecule has 0 unspecified atom stereocenters. The van der Waals surface area contributed by atoms with Gasteiger partial charge in [0.05, 0.1) is 11.5 Å². The van der Waals surface area contributed by atoms with Crippen molar-refractivity contribution in [2.24, 2.45) is 10.3 Å². The zero-order valence-electron chi connectivity index (χ0n) is 10.5. The molecule has 0 saturated carbocycles. The predicted octanol–water partition coefficient (Wildman–Crippen LogP) is 1.89. The van der Waals surface area contributed by atoms with Crippen molar-refractivity contribution < 1.29 is 13.2 Å². The Balaban J connectivity index is 3.26. The SMILES string of the molecule is CCS(=O)(=O)N=C1C=C(C(C)C)C(=O)C=C1C. The van der Waals surface area contributed by atoms with E-state index in [0.717, 1.165) is 0 Å². The summed E-state index contributed by atoms with van der Waals surface area (Å²) in [6.07, 6.45) is 3.02. The van der Waals surface area contributed by atoms with Crippen LogP contribution in [0, 0.1) is 5.92 Å². The Hall–Kier alpha value is -1.23. The molecule has 0 bridgehead atoms. The van der Waals surface area contributed by atoms with E-state index in [-0.39, 0.29) is 17.5 Å². The molecular weight excluding hydrogens is 238 g/mol. The molecular formula is C12H17NO3S. The van der Waals surface area contributed by atoms with E-state index in [9.17, 15) is 13.2 Å². The minimum absolute atomic E-state index is 0.0391. The normalized spacial score (nSPS) is 19.6. The van der Waals surface area contributed by atoms with Gasteiger partial charge in [-0.15, -0.1) is 0 Å². The molecule has 17 heavy (non-hydrogen) atoms.